The van der Waals surface area contributed by atoms with Gasteiger partial charge in [-0.1, -0.05) is 84.9 Å². The molecule has 6 nitrogen and oxygen atoms in total. The Bertz CT molecular complexity index is 1930. The van der Waals surface area contributed by atoms with Crippen LogP contribution in [-0.2, 0) is 14.9 Å². The van der Waals surface area contributed by atoms with E-state index in [-0.39, 0.29) is 0 Å². The molecule has 0 saturated carbocycles. The second-order valence-corrected chi connectivity index (χ2v) is 24.0. The molecule has 0 fully saturated rings. The standard InChI is InChI=1S/C36H30N4.C2H4O2.2HI.Rh/c1-37-23-39(31-17-9-7-15-29(31)37)33-21-19-25-11-3-5-13-27(25)35(33)36-28-14-6-4-12-26(28)20-22-34(36)40-24-38(2)30-16-8-10-18-32(30)40;1-2(3)4;;;/h3-22H,23-24H2,1-2H3;1H3,(H,3,4);2*1H;/q;;;;+3/p-3. The fourth-order valence-corrected chi connectivity index (χ4v) is 6.67. The van der Waals surface area contributed by atoms with Gasteiger partial charge in [0.2, 0.25) is 0 Å². The Labute approximate surface area is 304 Å². The molecular formula is C38H33I2N4O2Rh. The summed E-state index contributed by atoms with van der Waals surface area (Å²) >= 11 is 4.69. The predicted octanol–water partition coefficient (Wildman–Crippen LogP) is 9.28. The van der Waals surface area contributed by atoms with Crippen LogP contribution in [0.5, 0.6) is 0 Å². The first-order valence-electron chi connectivity index (χ1n) is 15.0. The fourth-order valence-electron chi connectivity index (χ4n) is 6.67. The molecule has 0 amide bonds. The van der Waals surface area contributed by atoms with E-state index in [0.29, 0.717) is 0 Å². The molecule has 0 aromatic heterocycles. The number of nitrogens with zero attached hydrogens (tertiary/aromatic N) is 4. The maximum atomic E-state index is 8.89. The van der Waals surface area contributed by atoms with Gasteiger partial charge in [0.1, 0.15) is 0 Å². The van der Waals surface area contributed by atoms with Crippen molar-refractivity contribution in [2.24, 2.45) is 0 Å². The van der Waals surface area contributed by atoms with Gasteiger partial charge in [0.25, 0.3) is 0 Å². The van der Waals surface area contributed by atoms with Crippen LogP contribution in [0.3, 0.4) is 0 Å². The number of fused-ring (bicyclic) bond motifs is 4. The summed E-state index contributed by atoms with van der Waals surface area (Å²) < 4.78 is 0. The van der Waals surface area contributed by atoms with Gasteiger partial charge in [-0.2, -0.15) is 0 Å². The van der Waals surface area contributed by atoms with Gasteiger partial charge in [-0.25, -0.2) is 0 Å². The molecule has 2 aliphatic rings. The zero-order chi connectivity index (χ0) is 33.1. The van der Waals surface area contributed by atoms with Crippen LogP contribution < -0.4 is 24.7 Å². The average Bonchev–Trinajstić information content (AvgIpc) is 3.60. The third kappa shape index (κ3) is 6.67. The summed E-state index contributed by atoms with van der Waals surface area (Å²) in [5.74, 6) is -1.08. The van der Waals surface area contributed by atoms with Gasteiger partial charge in [-0.15, -0.1) is 0 Å². The van der Waals surface area contributed by atoms with E-state index in [2.05, 4.69) is 195 Å². The summed E-state index contributed by atoms with van der Waals surface area (Å²) in [7, 11) is 5.13. The van der Waals surface area contributed by atoms with Crippen molar-refractivity contribution >= 4 is 101 Å². The van der Waals surface area contributed by atoms with Gasteiger partial charge in [0, 0.05) is 31.2 Å². The van der Waals surface area contributed by atoms with E-state index in [1.54, 1.807) is 0 Å². The number of halogens is 2. The molecule has 0 aliphatic carbocycles. The first-order chi connectivity index (χ1) is 22.8. The van der Waals surface area contributed by atoms with Gasteiger partial charge in [0.15, 0.2) is 0 Å². The van der Waals surface area contributed by atoms with Gasteiger partial charge >= 0.3 is 49.6 Å². The molecule has 0 saturated heterocycles. The first-order valence-corrected chi connectivity index (χ1v) is 24.8. The van der Waals surface area contributed by atoms with Crippen LogP contribution in [-0.4, -0.2) is 33.4 Å². The van der Waals surface area contributed by atoms with Crippen LogP contribution in [0.1, 0.15) is 6.92 Å². The first kappa shape index (κ1) is 33.5. The number of carbonyl (C=O) groups is 1. The number of anilines is 6. The second kappa shape index (κ2) is 14.8. The number of hydrogen-bond acceptors (Lipinski definition) is 6. The third-order valence-electron chi connectivity index (χ3n) is 8.52. The van der Waals surface area contributed by atoms with Crippen molar-refractivity contribution in [1.82, 2.24) is 0 Å². The summed E-state index contributed by atoms with van der Waals surface area (Å²) in [6, 6.07) is 44.3. The van der Waals surface area contributed by atoms with Crippen molar-refractivity contribution in [3.05, 3.63) is 121 Å². The minimum atomic E-state index is -1.08. The molecule has 9 heteroatoms. The van der Waals surface area contributed by atoms with Crippen LogP contribution >= 0.6 is 39.5 Å². The average molecular weight is 934 g/mol. The van der Waals surface area contributed by atoms with Crippen LogP contribution in [0.4, 0.5) is 34.1 Å². The zero-order valence-corrected chi connectivity index (χ0v) is 32.1. The third-order valence-corrected chi connectivity index (χ3v) is 8.52. The van der Waals surface area contributed by atoms with Crippen molar-refractivity contribution in [3.63, 3.8) is 0 Å². The number of hydrogen-bond donors (Lipinski definition) is 0. The molecule has 240 valence electrons. The molecule has 0 radical (unpaired) electrons. The molecule has 0 unspecified atom stereocenters. The van der Waals surface area contributed by atoms with Gasteiger partial charge < -0.3 is 29.5 Å². The summed E-state index contributed by atoms with van der Waals surface area (Å²) in [4.78, 5) is 18.5. The number of carbonyl (C=O) groups excluding carboxylic acids is 1. The van der Waals surface area contributed by atoms with Gasteiger partial charge in [0.05, 0.1) is 47.5 Å². The molecule has 0 bridgehead atoms. The quantitative estimate of drug-likeness (QED) is 0.130. The molecular weight excluding hydrogens is 901 g/mol. The van der Waals surface area contributed by atoms with Crippen molar-refractivity contribution in [3.8, 4) is 11.1 Å². The number of aliphatic carboxylic acids is 1. The molecule has 0 N–H and O–H groups in total. The Morgan fingerprint density at radius 1 is 0.553 bits per heavy atom. The Morgan fingerprint density at radius 2 is 0.872 bits per heavy atom. The van der Waals surface area contributed by atoms with Crippen molar-refractivity contribution < 1.29 is 20.0 Å². The van der Waals surface area contributed by atoms with Crippen LogP contribution in [0.25, 0.3) is 32.7 Å². The maximum absolute atomic E-state index is 8.89. The molecule has 8 rings (SSSR count). The number of para-hydroxylation sites is 4. The van der Waals surface area contributed by atoms with Gasteiger partial charge in [-0.3, -0.25) is 0 Å². The van der Waals surface area contributed by atoms with Crippen LogP contribution in [0.2, 0.25) is 0 Å². The van der Waals surface area contributed by atoms with Crippen LogP contribution in [0, 0.1) is 0 Å². The van der Waals surface area contributed by atoms with E-state index in [1.807, 2.05) is 0 Å². The Kier molecular flexibility index (Phi) is 10.5. The minimum absolute atomic E-state index is 0.770. The summed E-state index contributed by atoms with van der Waals surface area (Å²) in [5, 5.41) is 13.9. The normalized spacial score (nSPS) is 13.2. The van der Waals surface area contributed by atoms with Crippen molar-refractivity contribution in [1.29, 1.82) is 0 Å². The topological polar surface area (TPSA) is 53.1 Å². The zero-order valence-electron chi connectivity index (χ0n) is 26.2. The molecule has 6 aromatic carbocycles. The summed E-state index contributed by atoms with van der Waals surface area (Å²) in [6.45, 7) is 2.58. The Morgan fingerprint density at radius 3 is 1.26 bits per heavy atom. The van der Waals surface area contributed by atoms with Gasteiger partial charge in [-0.05, 0) is 64.9 Å². The predicted molar refractivity (Wildman–Crippen MR) is 209 cm³/mol. The number of carboxylic acids is 1. The van der Waals surface area contributed by atoms with Crippen molar-refractivity contribution in [2.75, 3.05) is 47.0 Å². The fraction of sp³-hybridized carbons (Fsp3) is 0.132. The number of rotatable bonds is 3. The van der Waals surface area contributed by atoms with E-state index < -0.39 is 5.97 Å². The SMILES string of the molecule is CC(=O)[O-].CN1CN(c2ccc3ccccc3c2-c2c(N3CN(C)c4ccccc43)ccc3ccccc23)c2ccccc21.[I][Rh+][I]. The molecule has 6 aromatic rings. The van der Waals surface area contributed by atoms with E-state index in [9.17, 15) is 0 Å². The van der Waals surface area contributed by atoms with Crippen molar-refractivity contribution in [2.45, 2.75) is 6.92 Å². The molecule has 2 heterocycles. The number of carboxylic acid groups (broad SMARTS) is 1. The van der Waals surface area contributed by atoms with Crippen LogP contribution in [0.15, 0.2) is 121 Å². The van der Waals surface area contributed by atoms with E-state index >= 15 is 0 Å². The summed E-state index contributed by atoms with van der Waals surface area (Å²) in [5.41, 5.74) is 10.0. The number of benzene rings is 6. The van der Waals surface area contributed by atoms with E-state index in [1.165, 1.54) is 66.8 Å². The molecule has 2 aliphatic heterocycles. The van der Waals surface area contributed by atoms with E-state index in [0.717, 1.165) is 30.4 Å². The Hall–Kier alpha value is -3.41. The van der Waals surface area contributed by atoms with E-state index in [4.69, 9.17) is 9.90 Å². The Balaban J connectivity index is 0.000000507. The molecule has 0 spiro atoms. The molecule has 0 atom stereocenters. The monoisotopic (exact) mass is 934 g/mol. The summed E-state index contributed by atoms with van der Waals surface area (Å²) in [6.07, 6.45) is 0. The second-order valence-electron chi connectivity index (χ2n) is 11.4. The molecule has 47 heavy (non-hydrogen) atoms.